The Bertz CT molecular complexity index is 452. The summed E-state index contributed by atoms with van der Waals surface area (Å²) in [6, 6.07) is 7.18. The van der Waals surface area contributed by atoms with Crippen molar-refractivity contribution in [3.63, 3.8) is 0 Å². The Morgan fingerprint density at radius 2 is 2.25 bits per heavy atom. The van der Waals surface area contributed by atoms with Crippen LogP contribution in [-0.4, -0.2) is 18.6 Å². The summed E-state index contributed by atoms with van der Waals surface area (Å²) in [4.78, 5) is 30.3. The normalized spacial score (nSPS) is 15.0. The van der Waals surface area contributed by atoms with Crippen molar-refractivity contribution >= 4 is 17.7 Å². The Morgan fingerprint density at radius 3 is 2.94 bits per heavy atom. The van der Waals surface area contributed by atoms with Crippen LogP contribution in [0.5, 0.6) is 0 Å². The SMILES string of the molecule is O=C=NCc1ccccc1N1OCCC1=O. The van der Waals surface area contributed by atoms with Gasteiger partial charge in [0.1, 0.15) is 0 Å². The molecular formula is C11H10N2O3. The number of para-hydroxylation sites is 1. The van der Waals surface area contributed by atoms with Gasteiger partial charge < -0.3 is 0 Å². The van der Waals surface area contributed by atoms with Crippen LogP contribution in [0.3, 0.4) is 0 Å². The molecule has 1 aromatic rings. The van der Waals surface area contributed by atoms with Crippen molar-refractivity contribution in [1.82, 2.24) is 0 Å². The Balaban J connectivity index is 2.31. The molecule has 5 heteroatoms. The van der Waals surface area contributed by atoms with Crippen LogP contribution in [-0.2, 0) is 21.0 Å². The van der Waals surface area contributed by atoms with Gasteiger partial charge in [-0.15, -0.1) is 0 Å². The molecule has 16 heavy (non-hydrogen) atoms. The zero-order valence-electron chi connectivity index (χ0n) is 8.55. The van der Waals surface area contributed by atoms with Crippen molar-refractivity contribution in [2.24, 2.45) is 4.99 Å². The van der Waals surface area contributed by atoms with Crippen LogP contribution in [0, 0.1) is 0 Å². The van der Waals surface area contributed by atoms with E-state index < -0.39 is 0 Å². The minimum atomic E-state index is -0.0810. The lowest BCUT2D eigenvalue weighted by molar-refractivity contribution is -0.119. The highest BCUT2D eigenvalue weighted by atomic mass is 16.7. The molecule has 0 radical (unpaired) electrons. The van der Waals surface area contributed by atoms with Crippen molar-refractivity contribution in [1.29, 1.82) is 0 Å². The first-order chi connectivity index (χ1) is 7.83. The van der Waals surface area contributed by atoms with E-state index in [1.54, 1.807) is 18.2 Å². The number of amides is 1. The Labute approximate surface area is 92.3 Å². The number of benzene rings is 1. The summed E-state index contributed by atoms with van der Waals surface area (Å²) in [5.41, 5.74) is 1.41. The Morgan fingerprint density at radius 1 is 1.44 bits per heavy atom. The van der Waals surface area contributed by atoms with Crippen LogP contribution in [0.4, 0.5) is 5.69 Å². The molecule has 1 saturated heterocycles. The maximum Gasteiger partial charge on any atom is 0.253 e. The summed E-state index contributed by atoms with van der Waals surface area (Å²) < 4.78 is 0. The van der Waals surface area contributed by atoms with Gasteiger partial charge in [0.15, 0.2) is 0 Å². The minimum Gasteiger partial charge on any atom is -0.272 e. The maximum absolute atomic E-state index is 11.5. The monoisotopic (exact) mass is 218 g/mol. The number of hydrogen-bond donors (Lipinski definition) is 0. The van der Waals surface area contributed by atoms with Crippen LogP contribution in [0.25, 0.3) is 0 Å². The number of rotatable bonds is 3. The molecule has 0 saturated carbocycles. The molecule has 1 aliphatic heterocycles. The van der Waals surface area contributed by atoms with Gasteiger partial charge >= 0.3 is 0 Å². The van der Waals surface area contributed by atoms with Gasteiger partial charge in [-0.3, -0.25) is 9.63 Å². The highest BCUT2D eigenvalue weighted by Crippen LogP contribution is 2.24. The first-order valence-electron chi connectivity index (χ1n) is 4.90. The van der Waals surface area contributed by atoms with Crippen LogP contribution in [0.2, 0.25) is 0 Å². The van der Waals surface area contributed by atoms with Gasteiger partial charge in [0, 0.05) is 5.56 Å². The van der Waals surface area contributed by atoms with Crippen LogP contribution < -0.4 is 5.06 Å². The van der Waals surface area contributed by atoms with Gasteiger partial charge in [-0.25, -0.2) is 9.79 Å². The number of nitrogens with zero attached hydrogens (tertiary/aromatic N) is 2. The van der Waals surface area contributed by atoms with Crippen molar-refractivity contribution < 1.29 is 14.4 Å². The third kappa shape index (κ3) is 2.00. The van der Waals surface area contributed by atoms with Crippen molar-refractivity contribution in [2.45, 2.75) is 13.0 Å². The van der Waals surface area contributed by atoms with E-state index in [2.05, 4.69) is 4.99 Å². The minimum absolute atomic E-state index is 0.0810. The van der Waals surface area contributed by atoms with E-state index in [1.807, 2.05) is 6.07 Å². The summed E-state index contributed by atoms with van der Waals surface area (Å²) in [5, 5.41) is 1.26. The summed E-state index contributed by atoms with van der Waals surface area (Å²) in [6.45, 7) is 0.594. The number of carbonyl (C=O) groups excluding carboxylic acids is 2. The zero-order chi connectivity index (χ0) is 11.4. The Kier molecular flexibility index (Phi) is 3.10. The molecule has 0 atom stereocenters. The fourth-order valence-electron chi connectivity index (χ4n) is 1.56. The summed E-state index contributed by atoms with van der Waals surface area (Å²) in [6.07, 6.45) is 1.86. The fourth-order valence-corrected chi connectivity index (χ4v) is 1.56. The third-order valence-electron chi connectivity index (χ3n) is 2.29. The van der Waals surface area contributed by atoms with Crippen LogP contribution >= 0.6 is 0 Å². The van der Waals surface area contributed by atoms with Crippen LogP contribution in [0.15, 0.2) is 29.3 Å². The third-order valence-corrected chi connectivity index (χ3v) is 2.29. The van der Waals surface area contributed by atoms with E-state index in [-0.39, 0.29) is 12.5 Å². The van der Waals surface area contributed by atoms with Gasteiger partial charge in [0.25, 0.3) is 5.91 Å². The average Bonchev–Trinajstić information content (AvgIpc) is 2.73. The second kappa shape index (κ2) is 4.70. The van der Waals surface area contributed by atoms with Crippen LogP contribution in [0.1, 0.15) is 12.0 Å². The molecule has 0 aromatic heterocycles. The maximum atomic E-state index is 11.5. The van der Waals surface area contributed by atoms with E-state index in [1.165, 1.54) is 11.1 Å². The quantitative estimate of drug-likeness (QED) is 0.565. The molecule has 0 bridgehead atoms. The zero-order valence-corrected chi connectivity index (χ0v) is 8.55. The van der Waals surface area contributed by atoms with E-state index in [4.69, 9.17) is 4.84 Å². The van der Waals surface area contributed by atoms with Crippen molar-refractivity contribution in [3.05, 3.63) is 29.8 Å². The lowest BCUT2D eigenvalue weighted by Crippen LogP contribution is -2.23. The number of hydroxylamine groups is 1. The number of hydrogen-bond acceptors (Lipinski definition) is 4. The molecule has 1 fully saturated rings. The molecule has 1 aromatic carbocycles. The lowest BCUT2D eigenvalue weighted by atomic mass is 10.1. The lowest BCUT2D eigenvalue weighted by Gasteiger charge is -2.16. The van der Waals surface area contributed by atoms with Gasteiger partial charge in [0.2, 0.25) is 6.08 Å². The molecule has 0 spiro atoms. The van der Waals surface area contributed by atoms with E-state index in [9.17, 15) is 9.59 Å². The molecule has 1 aliphatic rings. The highest BCUT2D eigenvalue weighted by Gasteiger charge is 2.24. The number of anilines is 1. The molecule has 0 aliphatic carbocycles. The second-order valence-corrected chi connectivity index (χ2v) is 3.31. The fraction of sp³-hybridized carbons (Fsp3) is 0.273. The largest absolute Gasteiger partial charge is 0.272 e. The first-order valence-corrected chi connectivity index (χ1v) is 4.90. The number of aliphatic imine (C=N–C) groups is 1. The molecule has 1 heterocycles. The molecule has 82 valence electrons. The van der Waals surface area contributed by atoms with E-state index in [0.29, 0.717) is 18.7 Å². The summed E-state index contributed by atoms with van der Waals surface area (Å²) in [7, 11) is 0. The second-order valence-electron chi connectivity index (χ2n) is 3.31. The summed E-state index contributed by atoms with van der Waals surface area (Å²) in [5.74, 6) is -0.0810. The van der Waals surface area contributed by atoms with Gasteiger partial charge in [-0.1, -0.05) is 18.2 Å². The predicted molar refractivity (Wildman–Crippen MR) is 56.3 cm³/mol. The summed E-state index contributed by atoms with van der Waals surface area (Å²) >= 11 is 0. The average molecular weight is 218 g/mol. The first kappa shape index (κ1) is 10.5. The Hall–Kier alpha value is -1.97. The molecule has 0 N–H and O–H groups in total. The number of isocyanates is 1. The van der Waals surface area contributed by atoms with Gasteiger partial charge in [-0.2, -0.15) is 5.06 Å². The van der Waals surface area contributed by atoms with E-state index in [0.717, 1.165) is 5.56 Å². The molecule has 0 unspecified atom stereocenters. The topological polar surface area (TPSA) is 59.0 Å². The molecule has 1 amide bonds. The number of carbonyl (C=O) groups is 1. The molecule has 5 nitrogen and oxygen atoms in total. The molecule has 2 rings (SSSR count). The van der Waals surface area contributed by atoms with E-state index >= 15 is 0 Å². The standard InChI is InChI=1S/C11H10N2O3/c14-8-12-7-9-3-1-2-4-10(9)13-11(15)5-6-16-13/h1-4H,5-7H2. The van der Waals surface area contributed by atoms with Gasteiger partial charge in [-0.05, 0) is 6.07 Å². The molecular weight excluding hydrogens is 208 g/mol. The van der Waals surface area contributed by atoms with Gasteiger partial charge in [0.05, 0.1) is 25.3 Å². The van der Waals surface area contributed by atoms with Crippen molar-refractivity contribution in [3.8, 4) is 0 Å². The highest BCUT2D eigenvalue weighted by molar-refractivity contribution is 5.93. The predicted octanol–water partition coefficient (Wildman–Crippen LogP) is 1.19. The van der Waals surface area contributed by atoms with Crippen molar-refractivity contribution in [2.75, 3.05) is 11.7 Å². The smallest absolute Gasteiger partial charge is 0.253 e.